The van der Waals surface area contributed by atoms with E-state index >= 15 is 0 Å². The molecule has 23 heavy (non-hydrogen) atoms. The van der Waals surface area contributed by atoms with Crippen LogP contribution in [0.2, 0.25) is 5.02 Å². The Morgan fingerprint density at radius 3 is 2.74 bits per heavy atom. The first-order valence-electron chi connectivity index (χ1n) is 7.32. The van der Waals surface area contributed by atoms with Crippen LogP contribution < -0.4 is 4.74 Å². The number of piperidine rings is 1. The third-order valence-electron chi connectivity index (χ3n) is 3.73. The molecule has 1 saturated heterocycles. The first-order chi connectivity index (χ1) is 11.1. The smallest absolute Gasteiger partial charge is 0.255 e. The summed E-state index contributed by atoms with van der Waals surface area (Å²) >= 11 is 5.95. The molecule has 1 aliphatic heterocycles. The number of hydrogen-bond donors (Lipinski definition) is 0. The standard InChI is InChI=1S/C16H15ClFN3O2/c17-14-10-11(18)3-4-13(14)16(22)21-8-5-12(6-9-21)23-15-2-1-7-19-20-15/h1-4,7,10,12H,5-6,8-9H2. The number of amides is 1. The quantitative estimate of drug-likeness (QED) is 0.865. The molecule has 0 bridgehead atoms. The predicted octanol–water partition coefficient (Wildman–Crippen LogP) is 2.95. The SMILES string of the molecule is O=C(c1ccc(F)cc1Cl)N1CCC(Oc2cccnn2)CC1. The number of carbonyl (C=O) groups is 1. The van der Waals surface area contributed by atoms with Crippen LogP contribution in [-0.2, 0) is 0 Å². The van der Waals surface area contributed by atoms with Gasteiger partial charge in [-0.1, -0.05) is 11.6 Å². The Hall–Kier alpha value is -2.21. The molecule has 0 saturated carbocycles. The average Bonchev–Trinajstić information content (AvgIpc) is 2.56. The van der Waals surface area contributed by atoms with E-state index in [4.69, 9.17) is 16.3 Å². The van der Waals surface area contributed by atoms with Gasteiger partial charge in [0.2, 0.25) is 5.88 Å². The number of hydrogen-bond acceptors (Lipinski definition) is 4. The van der Waals surface area contributed by atoms with Crippen molar-refractivity contribution in [1.82, 2.24) is 15.1 Å². The number of carbonyl (C=O) groups excluding carboxylic acids is 1. The molecule has 1 fully saturated rings. The van der Waals surface area contributed by atoms with Crippen molar-refractivity contribution in [3.05, 3.63) is 52.9 Å². The third kappa shape index (κ3) is 3.76. The Balaban J connectivity index is 1.59. The van der Waals surface area contributed by atoms with Crippen LogP contribution in [0.15, 0.2) is 36.5 Å². The largest absolute Gasteiger partial charge is 0.473 e. The molecule has 0 radical (unpaired) electrons. The van der Waals surface area contributed by atoms with Crippen LogP contribution in [-0.4, -0.2) is 40.2 Å². The maximum absolute atomic E-state index is 13.1. The zero-order valence-electron chi connectivity index (χ0n) is 12.3. The number of nitrogens with zero attached hydrogens (tertiary/aromatic N) is 3. The minimum absolute atomic E-state index is 0.000519. The second-order valence-corrected chi connectivity index (χ2v) is 5.70. The molecule has 120 valence electrons. The van der Waals surface area contributed by atoms with Gasteiger partial charge in [0.05, 0.1) is 10.6 Å². The van der Waals surface area contributed by atoms with E-state index in [1.165, 1.54) is 12.1 Å². The Labute approximate surface area is 138 Å². The first kappa shape index (κ1) is 15.7. The van der Waals surface area contributed by atoms with Crippen LogP contribution in [0.1, 0.15) is 23.2 Å². The lowest BCUT2D eigenvalue weighted by Gasteiger charge is -2.32. The van der Waals surface area contributed by atoms with Gasteiger partial charge in [0.25, 0.3) is 5.91 Å². The van der Waals surface area contributed by atoms with Gasteiger partial charge < -0.3 is 9.64 Å². The lowest BCUT2D eigenvalue weighted by atomic mass is 10.1. The molecule has 0 unspecified atom stereocenters. The number of ether oxygens (including phenoxy) is 1. The summed E-state index contributed by atoms with van der Waals surface area (Å²) in [5, 5.41) is 7.79. The van der Waals surface area contributed by atoms with Gasteiger partial charge in [-0.05, 0) is 24.3 Å². The third-order valence-corrected chi connectivity index (χ3v) is 4.04. The number of likely N-dealkylation sites (tertiary alicyclic amines) is 1. The minimum atomic E-state index is -0.456. The van der Waals surface area contributed by atoms with Crippen molar-refractivity contribution in [2.24, 2.45) is 0 Å². The molecule has 1 aromatic carbocycles. The van der Waals surface area contributed by atoms with Gasteiger partial charge in [0.1, 0.15) is 11.9 Å². The zero-order chi connectivity index (χ0) is 16.2. The van der Waals surface area contributed by atoms with E-state index in [0.717, 1.165) is 6.07 Å². The Morgan fingerprint density at radius 1 is 1.30 bits per heavy atom. The highest BCUT2D eigenvalue weighted by molar-refractivity contribution is 6.33. The van der Waals surface area contributed by atoms with Gasteiger partial charge in [-0.2, -0.15) is 5.10 Å². The van der Waals surface area contributed by atoms with Crippen molar-refractivity contribution in [1.29, 1.82) is 0 Å². The summed E-state index contributed by atoms with van der Waals surface area (Å²) in [7, 11) is 0. The summed E-state index contributed by atoms with van der Waals surface area (Å²) in [4.78, 5) is 14.2. The van der Waals surface area contributed by atoms with Crippen molar-refractivity contribution < 1.29 is 13.9 Å². The van der Waals surface area contributed by atoms with E-state index in [1.807, 2.05) is 0 Å². The van der Waals surface area contributed by atoms with Crippen LogP contribution in [0.3, 0.4) is 0 Å². The minimum Gasteiger partial charge on any atom is -0.473 e. The molecule has 5 nitrogen and oxygen atoms in total. The molecule has 3 rings (SSSR count). The first-order valence-corrected chi connectivity index (χ1v) is 7.70. The maximum atomic E-state index is 13.1. The van der Waals surface area contributed by atoms with Crippen molar-refractivity contribution in [2.75, 3.05) is 13.1 Å². The molecular weight excluding hydrogens is 321 g/mol. The summed E-state index contributed by atoms with van der Waals surface area (Å²) in [6.45, 7) is 1.11. The van der Waals surface area contributed by atoms with Crippen LogP contribution in [0, 0.1) is 5.82 Å². The van der Waals surface area contributed by atoms with Crippen LogP contribution in [0.4, 0.5) is 4.39 Å². The summed E-state index contributed by atoms with van der Waals surface area (Å²) in [6.07, 6.45) is 2.97. The lowest BCUT2D eigenvalue weighted by Crippen LogP contribution is -2.42. The normalized spacial score (nSPS) is 15.5. The summed E-state index contributed by atoms with van der Waals surface area (Å²) in [5.74, 6) is -0.158. The Kier molecular flexibility index (Phi) is 4.71. The molecule has 1 aliphatic rings. The Bertz CT molecular complexity index is 691. The van der Waals surface area contributed by atoms with Gasteiger partial charge in [-0.25, -0.2) is 4.39 Å². The molecule has 0 N–H and O–H groups in total. The molecule has 2 aromatic rings. The molecule has 0 aliphatic carbocycles. The number of aromatic nitrogens is 2. The van der Waals surface area contributed by atoms with Crippen molar-refractivity contribution in [2.45, 2.75) is 18.9 Å². The highest BCUT2D eigenvalue weighted by atomic mass is 35.5. The van der Waals surface area contributed by atoms with Crippen molar-refractivity contribution >= 4 is 17.5 Å². The number of halogens is 2. The zero-order valence-corrected chi connectivity index (χ0v) is 13.0. The van der Waals surface area contributed by atoms with E-state index in [9.17, 15) is 9.18 Å². The molecule has 0 spiro atoms. The van der Waals surface area contributed by atoms with Crippen LogP contribution in [0.25, 0.3) is 0 Å². The van der Waals surface area contributed by atoms with Gasteiger partial charge in [0, 0.05) is 38.2 Å². The highest BCUT2D eigenvalue weighted by Gasteiger charge is 2.26. The topological polar surface area (TPSA) is 55.3 Å². The monoisotopic (exact) mass is 335 g/mol. The van der Waals surface area contributed by atoms with Crippen molar-refractivity contribution in [3.8, 4) is 5.88 Å². The Morgan fingerprint density at radius 2 is 2.09 bits per heavy atom. The van der Waals surface area contributed by atoms with E-state index in [1.54, 1.807) is 23.2 Å². The summed E-state index contributed by atoms with van der Waals surface area (Å²) < 4.78 is 18.8. The van der Waals surface area contributed by atoms with E-state index in [0.29, 0.717) is 37.4 Å². The number of rotatable bonds is 3. The molecule has 7 heteroatoms. The van der Waals surface area contributed by atoms with E-state index < -0.39 is 5.82 Å². The molecular formula is C16H15ClFN3O2. The fourth-order valence-electron chi connectivity index (χ4n) is 2.53. The molecule has 2 heterocycles. The molecule has 0 atom stereocenters. The molecule has 1 amide bonds. The summed E-state index contributed by atoms with van der Waals surface area (Å²) in [5.41, 5.74) is 0.321. The second kappa shape index (κ2) is 6.91. The fraction of sp³-hybridized carbons (Fsp3) is 0.312. The fourth-order valence-corrected chi connectivity index (χ4v) is 2.78. The van der Waals surface area contributed by atoms with Crippen molar-refractivity contribution in [3.63, 3.8) is 0 Å². The maximum Gasteiger partial charge on any atom is 0.255 e. The van der Waals surface area contributed by atoms with Gasteiger partial charge in [-0.15, -0.1) is 5.10 Å². The van der Waals surface area contributed by atoms with Gasteiger partial charge in [0.15, 0.2) is 0 Å². The second-order valence-electron chi connectivity index (χ2n) is 5.30. The average molecular weight is 336 g/mol. The van der Waals surface area contributed by atoms with Crippen LogP contribution in [0.5, 0.6) is 5.88 Å². The van der Waals surface area contributed by atoms with E-state index in [-0.39, 0.29) is 17.0 Å². The van der Waals surface area contributed by atoms with E-state index in [2.05, 4.69) is 10.2 Å². The van der Waals surface area contributed by atoms with Gasteiger partial charge in [-0.3, -0.25) is 4.79 Å². The van der Waals surface area contributed by atoms with Crippen LogP contribution >= 0.6 is 11.6 Å². The summed E-state index contributed by atoms with van der Waals surface area (Å²) in [6, 6.07) is 7.32. The van der Waals surface area contributed by atoms with Gasteiger partial charge >= 0.3 is 0 Å². The predicted molar refractivity (Wildman–Crippen MR) is 83.0 cm³/mol. The molecule has 1 aromatic heterocycles. The number of benzene rings is 1. The highest BCUT2D eigenvalue weighted by Crippen LogP contribution is 2.22. The lowest BCUT2D eigenvalue weighted by molar-refractivity contribution is 0.0586.